The molecule has 0 unspecified atom stereocenters. The van der Waals surface area contributed by atoms with Gasteiger partial charge in [0.25, 0.3) is 0 Å². The van der Waals surface area contributed by atoms with E-state index in [-0.39, 0.29) is 21.4 Å². The van der Waals surface area contributed by atoms with Crippen LogP contribution in [-0.2, 0) is 16.3 Å². The number of nitrogens with zero attached hydrogens (tertiary/aromatic N) is 1. The maximum Gasteiger partial charge on any atom is 0.181 e. The van der Waals surface area contributed by atoms with Gasteiger partial charge in [-0.1, -0.05) is 11.6 Å². The molecule has 0 saturated heterocycles. The molecule has 17 heavy (non-hydrogen) atoms. The SMILES string of the molecule is Cc1nc2c(c(S(C)(=O)=O)c1Cl)CCCC2=O. The molecule has 0 fully saturated rings. The number of hydrogen-bond acceptors (Lipinski definition) is 4. The summed E-state index contributed by atoms with van der Waals surface area (Å²) in [7, 11) is -3.45. The van der Waals surface area contributed by atoms with E-state index in [0.717, 1.165) is 6.26 Å². The van der Waals surface area contributed by atoms with Crippen molar-refractivity contribution in [3.63, 3.8) is 0 Å². The first-order chi connectivity index (χ1) is 7.82. The second kappa shape index (κ2) is 4.07. The lowest BCUT2D eigenvalue weighted by Crippen LogP contribution is -2.18. The minimum absolute atomic E-state index is 0.0784. The molecule has 1 heterocycles. The molecule has 1 aliphatic carbocycles. The van der Waals surface area contributed by atoms with E-state index in [1.54, 1.807) is 6.92 Å². The molecule has 92 valence electrons. The van der Waals surface area contributed by atoms with Crippen LogP contribution in [-0.4, -0.2) is 25.4 Å². The molecule has 0 saturated carbocycles. The Kier molecular flexibility index (Phi) is 2.99. The van der Waals surface area contributed by atoms with E-state index in [2.05, 4.69) is 4.98 Å². The van der Waals surface area contributed by atoms with Crippen LogP contribution in [0.1, 0.15) is 34.6 Å². The van der Waals surface area contributed by atoms with Crippen molar-refractivity contribution in [3.8, 4) is 0 Å². The monoisotopic (exact) mass is 273 g/mol. The zero-order valence-electron chi connectivity index (χ0n) is 9.58. The van der Waals surface area contributed by atoms with E-state index >= 15 is 0 Å². The number of rotatable bonds is 1. The number of aromatic nitrogens is 1. The van der Waals surface area contributed by atoms with Crippen molar-refractivity contribution in [1.29, 1.82) is 0 Å². The molecular weight excluding hydrogens is 262 g/mol. The molecule has 4 nitrogen and oxygen atoms in total. The molecular formula is C11H12ClNO3S. The van der Waals surface area contributed by atoms with Gasteiger partial charge in [-0.15, -0.1) is 0 Å². The topological polar surface area (TPSA) is 64.1 Å². The van der Waals surface area contributed by atoms with Crippen molar-refractivity contribution >= 4 is 27.2 Å². The summed E-state index contributed by atoms with van der Waals surface area (Å²) in [4.78, 5) is 15.9. The van der Waals surface area contributed by atoms with Gasteiger partial charge in [0.1, 0.15) is 5.69 Å². The predicted octanol–water partition coefficient (Wildman–Crippen LogP) is 1.97. The molecule has 0 spiro atoms. The van der Waals surface area contributed by atoms with E-state index < -0.39 is 9.84 Å². The number of sulfone groups is 1. The van der Waals surface area contributed by atoms with Gasteiger partial charge < -0.3 is 0 Å². The third-order valence-corrected chi connectivity index (χ3v) is 4.59. The number of carbonyl (C=O) groups is 1. The van der Waals surface area contributed by atoms with Crippen LogP contribution >= 0.6 is 11.6 Å². The summed E-state index contributed by atoms with van der Waals surface area (Å²) < 4.78 is 23.5. The van der Waals surface area contributed by atoms with Gasteiger partial charge in [-0.25, -0.2) is 13.4 Å². The number of pyridine rings is 1. The number of halogens is 1. The zero-order chi connectivity index (χ0) is 12.8. The standard InChI is InChI=1S/C11H12ClNO3S/c1-6-9(12)11(17(2,15)16)7-4-3-5-8(14)10(7)13-6/h3-5H2,1-2H3. The first-order valence-corrected chi connectivity index (χ1v) is 7.51. The second-order valence-corrected chi connectivity index (χ2v) is 6.55. The molecule has 0 bridgehead atoms. The van der Waals surface area contributed by atoms with E-state index in [9.17, 15) is 13.2 Å². The van der Waals surface area contributed by atoms with Crippen LogP contribution in [0, 0.1) is 6.92 Å². The Morgan fingerprint density at radius 2 is 1.94 bits per heavy atom. The van der Waals surface area contributed by atoms with Gasteiger partial charge in [0, 0.05) is 18.2 Å². The number of fused-ring (bicyclic) bond motifs is 1. The molecule has 2 rings (SSSR count). The Morgan fingerprint density at radius 1 is 1.29 bits per heavy atom. The van der Waals surface area contributed by atoms with Crippen molar-refractivity contribution < 1.29 is 13.2 Å². The summed E-state index contributed by atoms with van der Waals surface area (Å²) in [6.45, 7) is 1.61. The lowest BCUT2D eigenvalue weighted by atomic mass is 9.94. The highest BCUT2D eigenvalue weighted by atomic mass is 35.5. The largest absolute Gasteiger partial charge is 0.292 e. The average molecular weight is 274 g/mol. The normalized spacial score (nSPS) is 15.8. The summed E-state index contributed by atoms with van der Waals surface area (Å²) in [6, 6.07) is 0. The fourth-order valence-corrected chi connectivity index (χ4v) is 3.78. The number of Topliss-reactive ketones (excluding diaryl/α,β-unsaturated/α-hetero) is 1. The second-order valence-electron chi connectivity index (χ2n) is 4.22. The summed E-state index contributed by atoms with van der Waals surface area (Å²) >= 11 is 6.01. The number of hydrogen-bond donors (Lipinski definition) is 0. The van der Waals surface area contributed by atoms with E-state index in [0.29, 0.717) is 30.5 Å². The lowest BCUT2D eigenvalue weighted by Gasteiger charge is -2.19. The molecule has 0 aromatic carbocycles. The summed E-state index contributed by atoms with van der Waals surface area (Å²) in [6.07, 6.45) is 2.71. The minimum Gasteiger partial charge on any atom is -0.292 e. The molecule has 0 amide bonds. The molecule has 6 heteroatoms. The van der Waals surface area contributed by atoms with Crippen LogP contribution in [0.2, 0.25) is 5.02 Å². The minimum atomic E-state index is -3.45. The summed E-state index contributed by atoms with van der Waals surface area (Å²) in [5.74, 6) is -0.101. The molecule has 1 aromatic rings. The molecule has 0 aliphatic heterocycles. The van der Waals surface area contributed by atoms with E-state index in [4.69, 9.17) is 11.6 Å². The third kappa shape index (κ3) is 2.09. The highest BCUT2D eigenvalue weighted by molar-refractivity contribution is 7.90. The fourth-order valence-electron chi connectivity index (χ4n) is 2.08. The predicted molar refractivity (Wildman–Crippen MR) is 64.4 cm³/mol. The molecule has 0 radical (unpaired) electrons. The Hall–Kier alpha value is -0.940. The van der Waals surface area contributed by atoms with Crippen molar-refractivity contribution in [1.82, 2.24) is 4.98 Å². The maximum absolute atomic E-state index is 11.8. The van der Waals surface area contributed by atoms with Crippen molar-refractivity contribution in [2.24, 2.45) is 0 Å². The highest BCUT2D eigenvalue weighted by Crippen LogP contribution is 2.33. The Bertz CT molecular complexity index is 608. The first-order valence-electron chi connectivity index (χ1n) is 5.24. The molecule has 1 aliphatic rings. The summed E-state index contributed by atoms with van der Waals surface area (Å²) in [5.41, 5.74) is 1.15. The van der Waals surface area contributed by atoms with Crippen molar-refractivity contribution in [3.05, 3.63) is 22.0 Å². The molecule has 0 atom stereocenters. The van der Waals surface area contributed by atoms with Gasteiger partial charge in [0.05, 0.1) is 15.6 Å². The van der Waals surface area contributed by atoms with Crippen LogP contribution in [0.4, 0.5) is 0 Å². The van der Waals surface area contributed by atoms with Crippen LogP contribution in [0.5, 0.6) is 0 Å². The zero-order valence-corrected chi connectivity index (χ0v) is 11.2. The Balaban J connectivity index is 2.87. The van der Waals surface area contributed by atoms with Gasteiger partial charge >= 0.3 is 0 Å². The van der Waals surface area contributed by atoms with Crippen molar-refractivity contribution in [2.45, 2.75) is 31.1 Å². The number of carbonyl (C=O) groups excluding carboxylic acids is 1. The van der Waals surface area contributed by atoms with Crippen LogP contribution in [0.15, 0.2) is 4.90 Å². The number of ketones is 1. The van der Waals surface area contributed by atoms with Gasteiger partial charge in [0.2, 0.25) is 0 Å². The smallest absolute Gasteiger partial charge is 0.181 e. The van der Waals surface area contributed by atoms with Gasteiger partial charge in [-0.05, 0) is 19.8 Å². The van der Waals surface area contributed by atoms with Gasteiger partial charge in [-0.2, -0.15) is 0 Å². The van der Waals surface area contributed by atoms with E-state index in [1.807, 2.05) is 0 Å². The molecule has 0 N–H and O–H groups in total. The first kappa shape index (κ1) is 12.5. The van der Waals surface area contributed by atoms with Crippen LogP contribution in [0.3, 0.4) is 0 Å². The van der Waals surface area contributed by atoms with Crippen molar-refractivity contribution in [2.75, 3.05) is 6.26 Å². The van der Waals surface area contributed by atoms with Crippen LogP contribution in [0.25, 0.3) is 0 Å². The summed E-state index contributed by atoms with van der Waals surface area (Å²) in [5, 5.41) is 0.140. The fraction of sp³-hybridized carbons (Fsp3) is 0.455. The maximum atomic E-state index is 11.8. The van der Waals surface area contributed by atoms with Gasteiger partial charge in [-0.3, -0.25) is 4.79 Å². The van der Waals surface area contributed by atoms with Crippen LogP contribution < -0.4 is 0 Å². The van der Waals surface area contributed by atoms with E-state index in [1.165, 1.54) is 0 Å². The Labute approximate surface area is 105 Å². The quantitative estimate of drug-likeness (QED) is 0.785. The Morgan fingerprint density at radius 3 is 2.53 bits per heavy atom. The highest BCUT2D eigenvalue weighted by Gasteiger charge is 2.28. The van der Waals surface area contributed by atoms with Gasteiger partial charge in [0.15, 0.2) is 15.6 Å². The average Bonchev–Trinajstić information content (AvgIpc) is 2.19. The molecule has 1 aromatic heterocycles. The number of aryl methyl sites for hydroxylation is 1. The lowest BCUT2D eigenvalue weighted by molar-refractivity contribution is 0.0966. The third-order valence-electron chi connectivity index (χ3n) is 2.82.